The molecule has 24 heavy (non-hydrogen) atoms. The Bertz CT molecular complexity index is 431. The Morgan fingerprint density at radius 2 is 2.08 bits per heavy atom. The van der Waals surface area contributed by atoms with Crippen molar-refractivity contribution in [1.82, 2.24) is 15.1 Å². The van der Waals surface area contributed by atoms with E-state index in [0.29, 0.717) is 17.9 Å². The number of nitrogens with zero attached hydrogens (tertiary/aromatic N) is 3. The molecule has 1 aliphatic heterocycles. The summed E-state index contributed by atoms with van der Waals surface area (Å²) in [4.78, 5) is 20.4. The van der Waals surface area contributed by atoms with E-state index in [1.165, 1.54) is 32.1 Å². The monoisotopic (exact) mass is 356 g/mol. The second-order valence-electron chi connectivity index (χ2n) is 6.86. The van der Waals surface area contributed by atoms with Crippen molar-refractivity contribution in [3.8, 4) is 0 Å². The molecule has 0 atom stereocenters. The average Bonchev–Trinajstić information content (AvgIpc) is 2.58. The van der Waals surface area contributed by atoms with E-state index in [1.54, 1.807) is 26.1 Å². The second kappa shape index (κ2) is 9.51. The summed E-state index contributed by atoms with van der Waals surface area (Å²) in [7, 11) is 5.23. The lowest BCUT2D eigenvalue weighted by Crippen LogP contribution is -2.54. The summed E-state index contributed by atoms with van der Waals surface area (Å²) in [6, 6.07) is 0. The lowest BCUT2D eigenvalue weighted by molar-refractivity contribution is -0.127. The van der Waals surface area contributed by atoms with Crippen molar-refractivity contribution in [3.63, 3.8) is 0 Å². The van der Waals surface area contributed by atoms with Crippen molar-refractivity contribution >= 4 is 23.6 Å². The minimum absolute atomic E-state index is 0.0276. The molecule has 1 heterocycles. The number of ether oxygens (including phenoxy) is 1. The summed E-state index contributed by atoms with van der Waals surface area (Å²) in [5, 5.41) is 3.38. The number of hydrogen-bond donors (Lipinski definition) is 1. The Labute approximate surface area is 150 Å². The maximum atomic E-state index is 11.9. The van der Waals surface area contributed by atoms with Gasteiger partial charge in [0.1, 0.15) is 6.54 Å². The molecule has 7 heteroatoms. The largest absolute Gasteiger partial charge is 0.383 e. The zero-order valence-corrected chi connectivity index (χ0v) is 16.2. The van der Waals surface area contributed by atoms with E-state index in [9.17, 15) is 4.79 Å². The maximum absolute atomic E-state index is 11.9. The first-order valence-corrected chi connectivity index (χ1v) is 9.91. The minimum atomic E-state index is 0.0276. The van der Waals surface area contributed by atoms with Gasteiger partial charge in [-0.15, -0.1) is 0 Å². The number of likely N-dealkylation sites (N-methyl/N-ethyl adjacent to an activating group) is 1. The van der Waals surface area contributed by atoms with Crippen LogP contribution in [0.5, 0.6) is 0 Å². The number of rotatable bonds is 5. The van der Waals surface area contributed by atoms with Crippen LogP contribution in [0.3, 0.4) is 0 Å². The van der Waals surface area contributed by atoms with E-state index in [2.05, 4.69) is 27.0 Å². The van der Waals surface area contributed by atoms with Gasteiger partial charge in [-0.2, -0.15) is 11.8 Å². The summed E-state index contributed by atoms with van der Waals surface area (Å²) in [6.07, 6.45) is 6.64. The molecule has 1 N–H and O–H groups in total. The quantitative estimate of drug-likeness (QED) is 0.459. The predicted octanol–water partition coefficient (Wildman–Crippen LogP) is 1.42. The standard InChI is InChI=1S/C17H32N4O2S/c1-20(2)15(22)13-19-16(18-9-11-23-3)21-10-12-24-17(14-21)7-5-4-6-8-17/h4-14H2,1-3H3,(H,18,19). The fourth-order valence-corrected chi connectivity index (χ4v) is 4.91. The van der Waals surface area contributed by atoms with Crippen molar-refractivity contribution in [3.05, 3.63) is 0 Å². The summed E-state index contributed by atoms with van der Waals surface area (Å²) in [5.74, 6) is 2.01. The molecule has 0 unspecified atom stereocenters. The highest BCUT2D eigenvalue weighted by Gasteiger charge is 2.38. The number of hydrogen-bond acceptors (Lipinski definition) is 4. The minimum Gasteiger partial charge on any atom is -0.383 e. The molecule has 138 valence electrons. The van der Waals surface area contributed by atoms with Gasteiger partial charge < -0.3 is 19.9 Å². The third-order valence-corrected chi connectivity index (χ3v) is 6.30. The molecule has 2 rings (SSSR count). The molecule has 0 aromatic rings. The molecule has 1 saturated carbocycles. The number of carbonyl (C=O) groups is 1. The third kappa shape index (κ3) is 5.55. The lowest BCUT2D eigenvalue weighted by Gasteiger charge is -2.45. The van der Waals surface area contributed by atoms with Crippen LogP contribution in [-0.4, -0.2) is 86.2 Å². The van der Waals surface area contributed by atoms with E-state index in [4.69, 9.17) is 4.74 Å². The van der Waals surface area contributed by atoms with Gasteiger partial charge in [0.15, 0.2) is 5.96 Å². The zero-order chi connectivity index (χ0) is 17.4. The summed E-state index contributed by atoms with van der Waals surface area (Å²) in [6.45, 7) is 3.56. The first-order valence-electron chi connectivity index (χ1n) is 8.93. The Kier molecular flexibility index (Phi) is 7.68. The fraction of sp³-hybridized carbons (Fsp3) is 0.882. The third-order valence-electron chi connectivity index (χ3n) is 4.76. The van der Waals surface area contributed by atoms with Gasteiger partial charge in [0, 0.05) is 51.3 Å². The molecule has 0 aromatic carbocycles. The van der Waals surface area contributed by atoms with Crippen LogP contribution in [-0.2, 0) is 9.53 Å². The molecule has 6 nitrogen and oxygen atoms in total. The SMILES string of the molecule is COCCNC(=NCC(=O)N(C)C)N1CCSC2(CCCCC2)C1. The zero-order valence-electron chi connectivity index (χ0n) is 15.3. The summed E-state index contributed by atoms with van der Waals surface area (Å²) >= 11 is 2.14. The molecule has 0 aromatic heterocycles. The van der Waals surface area contributed by atoms with Crippen molar-refractivity contribution < 1.29 is 9.53 Å². The lowest BCUT2D eigenvalue weighted by atomic mass is 9.87. The van der Waals surface area contributed by atoms with Gasteiger partial charge in [0.2, 0.25) is 5.91 Å². The van der Waals surface area contributed by atoms with E-state index in [-0.39, 0.29) is 12.5 Å². The van der Waals surface area contributed by atoms with Crippen molar-refractivity contribution in [2.45, 2.75) is 36.9 Å². The van der Waals surface area contributed by atoms with Crippen LogP contribution in [0.4, 0.5) is 0 Å². The molecular formula is C17H32N4O2S. The molecular weight excluding hydrogens is 324 g/mol. The van der Waals surface area contributed by atoms with Crippen LogP contribution in [0.2, 0.25) is 0 Å². The Morgan fingerprint density at radius 3 is 2.75 bits per heavy atom. The van der Waals surface area contributed by atoms with E-state index in [1.807, 2.05) is 0 Å². The van der Waals surface area contributed by atoms with E-state index >= 15 is 0 Å². The van der Waals surface area contributed by atoms with E-state index < -0.39 is 0 Å². The van der Waals surface area contributed by atoms with Crippen molar-refractivity contribution in [2.75, 3.05) is 59.7 Å². The van der Waals surface area contributed by atoms with Gasteiger partial charge >= 0.3 is 0 Å². The maximum Gasteiger partial charge on any atom is 0.243 e. The molecule has 0 bridgehead atoms. The number of nitrogens with one attached hydrogen (secondary N) is 1. The van der Waals surface area contributed by atoms with Gasteiger partial charge in [-0.05, 0) is 12.8 Å². The van der Waals surface area contributed by atoms with Gasteiger partial charge in [-0.1, -0.05) is 19.3 Å². The number of guanidine groups is 1. The average molecular weight is 357 g/mol. The molecule has 2 aliphatic rings. The molecule has 1 amide bonds. The number of amides is 1. The van der Waals surface area contributed by atoms with Crippen LogP contribution in [0, 0.1) is 0 Å². The number of thioether (sulfide) groups is 1. The highest BCUT2D eigenvalue weighted by atomic mass is 32.2. The highest BCUT2D eigenvalue weighted by Crippen LogP contribution is 2.42. The normalized spacial score (nSPS) is 21.0. The number of aliphatic imine (C=N–C) groups is 1. The van der Waals surface area contributed by atoms with Crippen LogP contribution < -0.4 is 5.32 Å². The van der Waals surface area contributed by atoms with Gasteiger partial charge in [-0.25, -0.2) is 4.99 Å². The molecule has 1 spiro atoms. The Hall–Kier alpha value is -0.950. The smallest absolute Gasteiger partial charge is 0.243 e. The topological polar surface area (TPSA) is 57.2 Å². The van der Waals surface area contributed by atoms with Crippen LogP contribution in [0.25, 0.3) is 0 Å². The Balaban J connectivity index is 2.03. The molecule has 2 fully saturated rings. The van der Waals surface area contributed by atoms with Crippen LogP contribution >= 0.6 is 11.8 Å². The molecule has 1 saturated heterocycles. The molecule has 1 aliphatic carbocycles. The van der Waals surface area contributed by atoms with Crippen LogP contribution in [0.1, 0.15) is 32.1 Å². The fourth-order valence-electron chi connectivity index (χ4n) is 3.34. The first-order chi connectivity index (χ1) is 11.6. The highest BCUT2D eigenvalue weighted by molar-refractivity contribution is 8.00. The van der Waals surface area contributed by atoms with Gasteiger partial charge in [0.25, 0.3) is 0 Å². The first kappa shape index (κ1) is 19.4. The van der Waals surface area contributed by atoms with Gasteiger partial charge in [0.05, 0.1) is 6.61 Å². The van der Waals surface area contributed by atoms with Gasteiger partial charge in [-0.3, -0.25) is 4.79 Å². The van der Waals surface area contributed by atoms with Crippen LogP contribution in [0.15, 0.2) is 4.99 Å². The number of methoxy groups -OCH3 is 1. The predicted molar refractivity (Wildman–Crippen MR) is 101 cm³/mol. The summed E-state index contributed by atoms with van der Waals surface area (Å²) in [5.41, 5.74) is 0. The van der Waals surface area contributed by atoms with E-state index in [0.717, 1.165) is 24.8 Å². The Morgan fingerprint density at radius 1 is 1.33 bits per heavy atom. The second-order valence-corrected chi connectivity index (χ2v) is 8.42. The number of carbonyl (C=O) groups excluding carboxylic acids is 1. The van der Waals surface area contributed by atoms with Crippen molar-refractivity contribution in [1.29, 1.82) is 0 Å². The summed E-state index contributed by atoms with van der Waals surface area (Å²) < 4.78 is 5.52. The van der Waals surface area contributed by atoms with Crippen molar-refractivity contribution in [2.24, 2.45) is 4.99 Å². The molecule has 0 radical (unpaired) electrons.